The number of hydrogen-bond acceptors (Lipinski definition) is 4. The molecule has 3 nitrogen and oxygen atoms in total. The number of carbonyl (C=O) groups excluding carboxylic acids is 1. The summed E-state index contributed by atoms with van der Waals surface area (Å²) in [6.07, 6.45) is 0. The average molecular weight is 423 g/mol. The predicted octanol–water partition coefficient (Wildman–Crippen LogP) is 5.59. The van der Waals surface area contributed by atoms with Gasteiger partial charge >= 0.3 is 0 Å². The van der Waals surface area contributed by atoms with Crippen LogP contribution in [0.15, 0.2) is 62.7 Å². The van der Waals surface area contributed by atoms with E-state index in [0.717, 1.165) is 10.6 Å². The summed E-state index contributed by atoms with van der Waals surface area (Å²) < 4.78 is 14.5. The SMILES string of the molecule is O=C(Nc1ccc(Br)cc1F)c1ccccc1SCc1cscn1. The number of amides is 1. The van der Waals surface area contributed by atoms with Gasteiger partial charge < -0.3 is 5.32 Å². The van der Waals surface area contributed by atoms with Crippen LogP contribution in [0.5, 0.6) is 0 Å². The third-order valence-corrected chi connectivity index (χ3v) is 5.41. The van der Waals surface area contributed by atoms with E-state index in [4.69, 9.17) is 0 Å². The van der Waals surface area contributed by atoms with E-state index in [-0.39, 0.29) is 11.6 Å². The number of thiazole rings is 1. The van der Waals surface area contributed by atoms with Crippen LogP contribution < -0.4 is 5.32 Å². The molecule has 0 aliphatic carbocycles. The minimum absolute atomic E-state index is 0.155. The van der Waals surface area contributed by atoms with Gasteiger partial charge in [-0.1, -0.05) is 28.1 Å². The zero-order valence-corrected chi connectivity index (χ0v) is 15.6. The summed E-state index contributed by atoms with van der Waals surface area (Å²) in [4.78, 5) is 17.6. The molecule has 0 aliphatic rings. The minimum atomic E-state index is -0.481. The molecule has 24 heavy (non-hydrogen) atoms. The molecule has 2 aromatic carbocycles. The number of hydrogen-bond donors (Lipinski definition) is 1. The first-order valence-corrected chi connectivity index (χ1v) is 9.71. The van der Waals surface area contributed by atoms with Gasteiger partial charge in [0.05, 0.1) is 22.5 Å². The van der Waals surface area contributed by atoms with Crippen LogP contribution in [0, 0.1) is 5.82 Å². The fourth-order valence-electron chi connectivity index (χ4n) is 2.02. The lowest BCUT2D eigenvalue weighted by Gasteiger charge is -2.10. The number of carbonyl (C=O) groups is 1. The third-order valence-electron chi connectivity index (χ3n) is 3.17. The first-order chi connectivity index (χ1) is 11.6. The highest BCUT2D eigenvalue weighted by molar-refractivity contribution is 9.10. The van der Waals surface area contributed by atoms with Crippen LogP contribution in [-0.4, -0.2) is 10.9 Å². The van der Waals surface area contributed by atoms with Crippen LogP contribution >= 0.6 is 39.0 Å². The Morgan fingerprint density at radius 1 is 1.29 bits per heavy atom. The topological polar surface area (TPSA) is 42.0 Å². The summed E-state index contributed by atoms with van der Waals surface area (Å²) in [7, 11) is 0. The number of nitrogens with one attached hydrogen (secondary N) is 1. The fraction of sp³-hybridized carbons (Fsp3) is 0.0588. The zero-order chi connectivity index (χ0) is 16.9. The summed E-state index contributed by atoms with van der Waals surface area (Å²) in [5.74, 6) is -0.136. The summed E-state index contributed by atoms with van der Waals surface area (Å²) in [6.45, 7) is 0. The van der Waals surface area contributed by atoms with Crippen LogP contribution in [-0.2, 0) is 5.75 Å². The van der Waals surface area contributed by atoms with Gasteiger partial charge in [-0.05, 0) is 30.3 Å². The van der Waals surface area contributed by atoms with Crippen molar-refractivity contribution in [3.63, 3.8) is 0 Å². The van der Waals surface area contributed by atoms with E-state index in [1.807, 2.05) is 17.5 Å². The van der Waals surface area contributed by atoms with Crippen molar-refractivity contribution in [2.45, 2.75) is 10.6 Å². The van der Waals surface area contributed by atoms with Crippen LogP contribution in [0.25, 0.3) is 0 Å². The molecule has 0 atom stereocenters. The summed E-state index contributed by atoms with van der Waals surface area (Å²) >= 11 is 6.27. The summed E-state index contributed by atoms with van der Waals surface area (Å²) in [5.41, 5.74) is 3.42. The molecule has 0 aliphatic heterocycles. The third kappa shape index (κ3) is 4.23. The second-order valence-corrected chi connectivity index (χ2v) is 7.49. The standard InChI is InChI=1S/C17H12BrFN2OS2/c18-11-5-6-15(14(19)7-11)21-17(22)13-3-1-2-4-16(13)24-9-12-8-23-10-20-12/h1-8,10H,9H2,(H,21,22). The van der Waals surface area contributed by atoms with Gasteiger partial charge in [0.15, 0.2) is 0 Å². The molecule has 0 unspecified atom stereocenters. The van der Waals surface area contributed by atoms with Gasteiger partial charge in [0.25, 0.3) is 5.91 Å². The molecule has 3 aromatic rings. The maximum Gasteiger partial charge on any atom is 0.256 e. The Morgan fingerprint density at radius 3 is 2.88 bits per heavy atom. The molecule has 1 N–H and O–H groups in total. The number of nitrogens with zero attached hydrogens (tertiary/aromatic N) is 1. The molecule has 0 fully saturated rings. The number of anilines is 1. The highest BCUT2D eigenvalue weighted by Crippen LogP contribution is 2.27. The molecular formula is C17H12BrFN2OS2. The first-order valence-electron chi connectivity index (χ1n) is 6.99. The van der Waals surface area contributed by atoms with E-state index < -0.39 is 5.82 Å². The summed E-state index contributed by atoms with van der Waals surface area (Å²) in [5, 5.41) is 4.60. The van der Waals surface area contributed by atoms with Gasteiger partial charge in [0, 0.05) is 20.5 Å². The van der Waals surface area contributed by atoms with Gasteiger partial charge in [-0.3, -0.25) is 4.79 Å². The molecule has 0 bridgehead atoms. The molecule has 7 heteroatoms. The van der Waals surface area contributed by atoms with E-state index in [2.05, 4.69) is 26.2 Å². The maximum absolute atomic E-state index is 13.9. The van der Waals surface area contributed by atoms with Crippen molar-refractivity contribution in [2.75, 3.05) is 5.32 Å². The maximum atomic E-state index is 13.9. The molecule has 1 amide bonds. The van der Waals surface area contributed by atoms with Crippen molar-refractivity contribution in [1.82, 2.24) is 4.98 Å². The second kappa shape index (κ2) is 7.92. The largest absolute Gasteiger partial charge is 0.319 e. The van der Waals surface area contributed by atoms with Crippen LogP contribution in [0.1, 0.15) is 16.1 Å². The van der Waals surface area contributed by atoms with Crippen molar-refractivity contribution in [3.8, 4) is 0 Å². The second-order valence-electron chi connectivity index (χ2n) is 4.84. The Morgan fingerprint density at radius 2 is 2.12 bits per heavy atom. The zero-order valence-electron chi connectivity index (χ0n) is 12.3. The highest BCUT2D eigenvalue weighted by atomic mass is 79.9. The average Bonchev–Trinajstić information content (AvgIpc) is 3.09. The molecule has 122 valence electrons. The lowest BCUT2D eigenvalue weighted by molar-refractivity contribution is 0.102. The van der Waals surface area contributed by atoms with E-state index in [1.54, 1.807) is 35.0 Å². The quantitative estimate of drug-likeness (QED) is 0.544. The predicted molar refractivity (Wildman–Crippen MR) is 100 cm³/mol. The van der Waals surface area contributed by atoms with Gasteiger partial charge in [-0.25, -0.2) is 9.37 Å². The van der Waals surface area contributed by atoms with Gasteiger partial charge in [-0.2, -0.15) is 0 Å². The van der Waals surface area contributed by atoms with E-state index >= 15 is 0 Å². The molecular weight excluding hydrogens is 411 g/mol. The Bertz CT molecular complexity index is 856. The lowest BCUT2D eigenvalue weighted by Crippen LogP contribution is -2.14. The van der Waals surface area contributed by atoms with E-state index in [9.17, 15) is 9.18 Å². The molecule has 1 heterocycles. The van der Waals surface area contributed by atoms with Crippen LogP contribution in [0.4, 0.5) is 10.1 Å². The van der Waals surface area contributed by atoms with Gasteiger partial charge in [0.1, 0.15) is 5.82 Å². The van der Waals surface area contributed by atoms with E-state index in [1.165, 1.54) is 23.9 Å². The van der Waals surface area contributed by atoms with Crippen molar-refractivity contribution >= 4 is 50.6 Å². The number of benzene rings is 2. The van der Waals surface area contributed by atoms with Gasteiger partial charge in [0.2, 0.25) is 0 Å². The number of rotatable bonds is 5. The molecule has 0 radical (unpaired) electrons. The number of aromatic nitrogens is 1. The Labute approximate surface area is 155 Å². The molecule has 0 saturated carbocycles. The Hall–Kier alpha value is -1.70. The number of halogens is 2. The minimum Gasteiger partial charge on any atom is -0.319 e. The van der Waals surface area contributed by atoms with Gasteiger partial charge in [-0.15, -0.1) is 23.1 Å². The molecule has 0 saturated heterocycles. The van der Waals surface area contributed by atoms with Crippen molar-refractivity contribution in [3.05, 3.63) is 74.9 Å². The summed E-state index contributed by atoms with van der Waals surface area (Å²) in [6, 6.07) is 11.8. The monoisotopic (exact) mass is 422 g/mol. The lowest BCUT2D eigenvalue weighted by atomic mass is 10.2. The van der Waals surface area contributed by atoms with Crippen LogP contribution in [0.3, 0.4) is 0 Å². The Kier molecular flexibility index (Phi) is 5.65. The normalized spacial score (nSPS) is 10.6. The van der Waals surface area contributed by atoms with Crippen LogP contribution in [0.2, 0.25) is 0 Å². The fourth-order valence-corrected chi connectivity index (χ4v) is 3.97. The molecule has 1 aromatic heterocycles. The number of thioether (sulfide) groups is 1. The van der Waals surface area contributed by atoms with Crippen molar-refractivity contribution < 1.29 is 9.18 Å². The Balaban J connectivity index is 1.77. The van der Waals surface area contributed by atoms with Crippen molar-refractivity contribution in [2.24, 2.45) is 0 Å². The van der Waals surface area contributed by atoms with E-state index in [0.29, 0.717) is 15.8 Å². The first kappa shape index (κ1) is 17.1. The smallest absolute Gasteiger partial charge is 0.256 e. The highest BCUT2D eigenvalue weighted by Gasteiger charge is 2.14. The molecule has 3 rings (SSSR count). The molecule has 0 spiro atoms. The van der Waals surface area contributed by atoms with Crippen molar-refractivity contribution in [1.29, 1.82) is 0 Å².